The molecule has 148 valence electrons. The van der Waals surface area contributed by atoms with E-state index < -0.39 is 10.0 Å². The fourth-order valence-electron chi connectivity index (χ4n) is 2.91. The van der Waals surface area contributed by atoms with E-state index in [1.165, 1.54) is 12.1 Å². The zero-order valence-electron chi connectivity index (χ0n) is 15.7. The van der Waals surface area contributed by atoms with E-state index in [1.807, 2.05) is 38.2 Å². The van der Waals surface area contributed by atoms with E-state index in [9.17, 15) is 13.2 Å². The number of sulfonamides is 1. The normalized spacial score (nSPS) is 14.0. The molecule has 0 aliphatic heterocycles. The maximum Gasteiger partial charge on any atom is 0.275 e. The fourth-order valence-corrected chi connectivity index (χ4v) is 4.51. The van der Waals surface area contributed by atoms with Crippen molar-refractivity contribution in [3.63, 3.8) is 0 Å². The molecule has 0 aliphatic carbocycles. The Labute approximate surface area is 168 Å². The summed E-state index contributed by atoms with van der Waals surface area (Å²) >= 11 is 1.64. The summed E-state index contributed by atoms with van der Waals surface area (Å²) in [5.41, 5.74) is 1.79. The lowest BCUT2D eigenvalue weighted by Gasteiger charge is -2.17. The van der Waals surface area contributed by atoms with Crippen LogP contribution in [0.1, 0.15) is 23.5 Å². The first-order chi connectivity index (χ1) is 13.2. The van der Waals surface area contributed by atoms with E-state index >= 15 is 0 Å². The number of fused-ring (bicyclic) bond motifs is 1. The van der Waals surface area contributed by atoms with Crippen molar-refractivity contribution in [2.24, 2.45) is 5.14 Å². The predicted octanol–water partition coefficient (Wildman–Crippen LogP) is 0.836. The van der Waals surface area contributed by atoms with Crippen LogP contribution in [0.2, 0.25) is 0 Å². The molecule has 0 saturated heterocycles. The molecule has 3 rings (SSSR count). The average Bonchev–Trinajstić information content (AvgIpc) is 3.02. The molecule has 1 aromatic heterocycles. The molecule has 4 N–H and O–H groups in total. The Kier molecular flexibility index (Phi) is 6.09. The Balaban J connectivity index is 1.55. The van der Waals surface area contributed by atoms with E-state index in [0.29, 0.717) is 13.1 Å². The number of carbonyl (C=O) groups is 1. The summed E-state index contributed by atoms with van der Waals surface area (Å²) in [7, 11) is -1.76. The van der Waals surface area contributed by atoms with Crippen LogP contribution in [0, 0.1) is 0 Å². The summed E-state index contributed by atoms with van der Waals surface area (Å²) in [6.07, 6.45) is 0. The molecule has 0 fully saturated rings. The van der Waals surface area contributed by atoms with Gasteiger partial charge in [0.15, 0.2) is 6.54 Å². The molecule has 7 nitrogen and oxygen atoms in total. The van der Waals surface area contributed by atoms with Crippen LogP contribution in [0.4, 0.5) is 0 Å². The van der Waals surface area contributed by atoms with Crippen molar-refractivity contribution in [1.29, 1.82) is 0 Å². The lowest BCUT2D eigenvalue weighted by molar-refractivity contribution is -0.885. The lowest BCUT2D eigenvalue weighted by Crippen LogP contribution is -3.08. The van der Waals surface area contributed by atoms with Crippen molar-refractivity contribution >= 4 is 37.5 Å². The molecule has 2 atom stereocenters. The van der Waals surface area contributed by atoms with Gasteiger partial charge in [-0.2, -0.15) is 0 Å². The minimum atomic E-state index is -3.72. The first-order valence-electron chi connectivity index (χ1n) is 8.80. The number of carbonyl (C=O) groups excluding carboxylic acids is 1. The number of likely N-dealkylation sites (N-methyl/N-ethyl adjacent to an activating group) is 1. The van der Waals surface area contributed by atoms with Gasteiger partial charge in [-0.1, -0.05) is 24.3 Å². The van der Waals surface area contributed by atoms with Crippen LogP contribution >= 0.6 is 11.3 Å². The number of nitrogens with one attached hydrogen (secondary N) is 2. The van der Waals surface area contributed by atoms with Crippen molar-refractivity contribution in [2.45, 2.75) is 24.4 Å². The van der Waals surface area contributed by atoms with Gasteiger partial charge in [-0.15, -0.1) is 11.3 Å². The molecular formula is C19H23N4O3S2+. The number of nitrogens with two attached hydrogens (primary N) is 1. The topological polar surface area (TPSA) is 107 Å². The Morgan fingerprint density at radius 2 is 1.89 bits per heavy atom. The van der Waals surface area contributed by atoms with Gasteiger partial charge in [0.1, 0.15) is 11.6 Å². The number of quaternary nitrogens is 1. The average molecular weight is 420 g/mol. The van der Waals surface area contributed by atoms with Crippen LogP contribution < -0.4 is 15.4 Å². The lowest BCUT2D eigenvalue weighted by atomic mass is 10.1. The molecule has 28 heavy (non-hydrogen) atoms. The third-order valence-corrected chi connectivity index (χ3v) is 6.31. The number of aromatic nitrogens is 1. The monoisotopic (exact) mass is 419 g/mol. The van der Waals surface area contributed by atoms with Gasteiger partial charge in [-0.05, 0) is 36.8 Å². The first kappa shape index (κ1) is 20.4. The van der Waals surface area contributed by atoms with Crippen LogP contribution in [-0.4, -0.2) is 32.9 Å². The summed E-state index contributed by atoms with van der Waals surface area (Å²) in [4.78, 5) is 18.1. The Bertz CT molecular complexity index is 1050. The molecular weight excluding hydrogens is 396 g/mol. The highest BCUT2D eigenvalue weighted by Crippen LogP contribution is 2.20. The minimum absolute atomic E-state index is 0.0507. The van der Waals surface area contributed by atoms with E-state index in [0.717, 1.165) is 25.7 Å². The molecule has 0 radical (unpaired) electrons. The van der Waals surface area contributed by atoms with Gasteiger partial charge < -0.3 is 10.2 Å². The standard InChI is InChI=1S/C19H22N4O3S2/c1-13(14-7-9-15(10-8-14)28(20,25)26)21-18(24)11-23(2)12-19-22-16-5-3-4-6-17(16)27-19/h3-10,13H,11-12H2,1-2H3,(H,21,24)(H2,20,25,26)/p+1/t13-/m0/s1. The fraction of sp³-hybridized carbons (Fsp3) is 0.263. The number of benzene rings is 2. The van der Waals surface area contributed by atoms with Crippen molar-refractivity contribution in [3.05, 3.63) is 59.1 Å². The zero-order valence-corrected chi connectivity index (χ0v) is 17.3. The van der Waals surface area contributed by atoms with Gasteiger partial charge in [-0.3, -0.25) is 4.79 Å². The molecule has 0 spiro atoms. The zero-order chi connectivity index (χ0) is 20.3. The largest absolute Gasteiger partial charge is 0.345 e. The number of amides is 1. The second kappa shape index (κ2) is 8.36. The quantitative estimate of drug-likeness (QED) is 0.527. The van der Waals surface area contributed by atoms with Crippen molar-refractivity contribution < 1.29 is 18.1 Å². The SMILES string of the molecule is C[C@H](NC(=O)C[NH+](C)Cc1nc2ccccc2s1)c1ccc(S(N)(=O)=O)cc1. The van der Waals surface area contributed by atoms with E-state index in [2.05, 4.69) is 10.3 Å². The van der Waals surface area contributed by atoms with Gasteiger partial charge in [0.25, 0.3) is 5.91 Å². The van der Waals surface area contributed by atoms with Gasteiger partial charge in [0.05, 0.1) is 28.2 Å². The molecule has 1 unspecified atom stereocenters. The predicted molar refractivity (Wildman–Crippen MR) is 109 cm³/mol. The second-order valence-electron chi connectivity index (χ2n) is 6.79. The Hall–Kier alpha value is -2.33. The molecule has 0 aliphatic rings. The van der Waals surface area contributed by atoms with Crippen molar-refractivity contribution in [1.82, 2.24) is 10.3 Å². The van der Waals surface area contributed by atoms with Crippen LogP contribution in [0.5, 0.6) is 0 Å². The summed E-state index contributed by atoms with van der Waals surface area (Å²) in [6, 6.07) is 13.9. The van der Waals surface area contributed by atoms with Crippen LogP contribution in [0.25, 0.3) is 10.2 Å². The highest BCUT2D eigenvalue weighted by molar-refractivity contribution is 7.89. The number of hydrogen-bond acceptors (Lipinski definition) is 5. The highest BCUT2D eigenvalue weighted by atomic mass is 32.2. The third kappa shape index (κ3) is 5.14. The number of primary sulfonamides is 1. The molecule has 0 bridgehead atoms. The van der Waals surface area contributed by atoms with E-state index in [4.69, 9.17) is 5.14 Å². The summed E-state index contributed by atoms with van der Waals surface area (Å²) < 4.78 is 23.8. The number of thiazole rings is 1. The van der Waals surface area contributed by atoms with Crippen molar-refractivity contribution in [3.8, 4) is 0 Å². The molecule has 9 heteroatoms. The van der Waals surface area contributed by atoms with Crippen LogP contribution in [0.15, 0.2) is 53.4 Å². The molecule has 1 amide bonds. The highest BCUT2D eigenvalue weighted by Gasteiger charge is 2.16. The molecule has 0 saturated carbocycles. The van der Waals surface area contributed by atoms with Crippen molar-refractivity contribution in [2.75, 3.05) is 13.6 Å². The maximum absolute atomic E-state index is 12.4. The van der Waals surface area contributed by atoms with Crippen LogP contribution in [-0.2, 0) is 21.4 Å². The summed E-state index contributed by atoms with van der Waals surface area (Å²) in [6.45, 7) is 2.84. The maximum atomic E-state index is 12.4. The smallest absolute Gasteiger partial charge is 0.275 e. The first-order valence-corrected chi connectivity index (χ1v) is 11.2. The van der Waals surface area contributed by atoms with Gasteiger partial charge in [0, 0.05) is 0 Å². The van der Waals surface area contributed by atoms with Gasteiger partial charge in [0.2, 0.25) is 10.0 Å². The molecule has 2 aromatic carbocycles. The van der Waals surface area contributed by atoms with Gasteiger partial charge >= 0.3 is 0 Å². The number of nitrogens with zero attached hydrogens (tertiary/aromatic N) is 1. The third-order valence-electron chi connectivity index (χ3n) is 4.34. The van der Waals surface area contributed by atoms with E-state index in [-0.39, 0.29) is 16.8 Å². The number of hydrogen-bond donors (Lipinski definition) is 3. The Morgan fingerprint density at radius 1 is 1.21 bits per heavy atom. The number of para-hydroxylation sites is 1. The summed E-state index contributed by atoms with van der Waals surface area (Å²) in [5, 5.41) is 9.04. The molecule has 3 aromatic rings. The van der Waals surface area contributed by atoms with E-state index in [1.54, 1.807) is 23.5 Å². The molecule has 1 heterocycles. The Morgan fingerprint density at radius 3 is 2.54 bits per heavy atom. The van der Waals surface area contributed by atoms with Crippen LogP contribution in [0.3, 0.4) is 0 Å². The summed E-state index contributed by atoms with van der Waals surface area (Å²) in [5.74, 6) is -0.0818. The number of rotatable bonds is 7. The second-order valence-corrected chi connectivity index (χ2v) is 9.47. The minimum Gasteiger partial charge on any atom is -0.345 e. The van der Waals surface area contributed by atoms with Gasteiger partial charge in [-0.25, -0.2) is 18.5 Å².